The van der Waals surface area contributed by atoms with Gasteiger partial charge in [0.2, 0.25) is 11.1 Å². The standard InChI is InChI=1S/C16H13IN2O3S/c1-2-22-16(21)13-14(20)15-12(7-8-23-15)19(18-13)9-10-3-5-11(17)6-4-10/h3-8H,2,9H2,1H3. The van der Waals surface area contributed by atoms with Crippen LogP contribution in [0, 0.1) is 3.57 Å². The lowest BCUT2D eigenvalue weighted by atomic mass is 10.2. The van der Waals surface area contributed by atoms with Crippen LogP contribution >= 0.6 is 33.9 Å². The van der Waals surface area contributed by atoms with Gasteiger partial charge in [0, 0.05) is 3.57 Å². The van der Waals surface area contributed by atoms with E-state index >= 15 is 0 Å². The average molecular weight is 440 g/mol. The zero-order valence-electron chi connectivity index (χ0n) is 12.3. The Morgan fingerprint density at radius 3 is 2.74 bits per heavy atom. The van der Waals surface area contributed by atoms with Crippen molar-refractivity contribution in [2.24, 2.45) is 0 Å². The van der Waals surface area contributed by atoms with E-state index in [1.807, 2.05) is 35.7 Å². The summed E-state index contributed by atoms with van der Waals surface area (Å²) in [7, 11) is 0. The summed E-state index contributed by atoms with van der Waals surface area (Å²) in [5.41, 5.74) is 1.25. The fourth-order valence-corrected chi connectivity index (χ4v) is 3.41. The van der Waals surface area contributed by atoms with Crippen molar-refractivity contribution in [3.05, 3.63) is 60.8 Å². The van der Waals surface area contributed by atoms with Crippen LogP contribution in [0.3, 0.4) is 0 Å². The lowest BCUT2D eigenvalue weighted by Gasteiger charge is -2.10. The highest BCUT2D eigenvalue weighted by atomic mass is 127. The molecule has 3 aromatic rings. The number of halogens is 1. The first kappa shape index (κ1) is 16.1. The quantitative estimate of drug-likeness (QED) is 0.462. The molecule has 2 heterocycles. The summed E-state index contributed by atoms with van der Waals surface area (Å²) >= 11 is 3.55. The van der Waals surface area contributed by atoms with Gasteiger partial charge in [0.05, 0.1) is 18.7 Å². The number of benzene rings is 1. The molecule has 0 saturated carbocycles. The molecule has 1 aromatic carbocycles. The summed E-state index contributed by atoms with van der Waals surface area (Å²) in [6, 6.07) is 9.87. The Kier molecular flexibility index (Phi) is 4.76. The largest absolute Gasteiger partial charge is 0.461 e. The predicted molar refractivity (Wildman–Crippen MR) is 98.1 cm³/mol. The number of fused-ring (bicyclic) bond motifs is 1. The number of esters is 1. The van der Waals surface area contributed by atoms with Gasteiger partial charge in [-0.05, 0) is 58.7 Å². The molecule has 23 heavy (non-hydrogen) atoms. The van der Waals surface area contributed by atoms with Gasteiger partial charge in [-0.1, -0.05) is 12.1 Å². The van der Waals surface area contributed by atoms with Crippen molar-refractivity contribution in [3.8, 4) is 0 Å². The van der Waals surface area contributed by atoms with Gasteiger partial charge in [0.1, 0.15) is 4.70 Å². The molecule has 7 heteroatoms. The van der Waals surface area contributed by atoms with Crippen molar-refractivity contribution >= 4 is 50.1 Å². The summed E-state index contributed by atoms with van der Waals surface area (Å²) in [6.45, 7) is 2.39. The topological polar surface area (TPSA) is 61.2 Å². The molecule has 0 N–H and O–H groups in total. The number of hydrogen-bond donors (Lipinski definition) is 0. The molecular weight excluding hydrogens is 427 g/mol. The summed E-state index contributed by atoms with van der Waals surface area (Å²) in [4.78, 5) is 24.4. The van der Waals surface area contributed by atoms with Gasteiger partial charge in [0.15, 0.2) is 0 Å². The maximum atomic E-state index is 12.4. The minimum atomic E-state index is -0.677. The number of hydrogen-bond acceptors (Lipinski definition) is 5. The van der Waals surface area contributed by atoms with Crippen molar-refractivity contribution in [3.63, 3.8) is 0 Å². The predicted octanol–water partition coefficient (Wildman–Crippen LogP) is 3.29. The number of carbonyl (C=O) groups excluding carboxylic acids is 1. The van der Waals surface area contributed by atoms with Gasteiger partial charge < -0.3 is 4.74 Å². The van der Waals surface area contributed by atoms with Crippen molar-refractivity contribution in [2.75, 3.05) is 6.61 Å². The van der Waals surface area contributed by atoms with Gasteiger partial charge in [0.25, 0.3) is 0 Å². The molecule has 0 amide bonds. The second-order valence-corrected chi connectivity index (χ2v) is 6.98. The van der Waals surface area contributed by atoms with Gasteiger partial charge in [-0.2, -0.15) is 5.10 Å². The van der Waals surface area contributed by atoms with Crippen LogP contribution < -0.4 is 5.43 Å². The van der Waals surface area contributed by atoms with Crippen molar-refractivity contribution in [2.45, 2.75) is 13.5 Å². The first-order valence-corrected chi connectivity index (χ1v) is 8.96. The van der Waals surface area contributed by atoms with Crippen LogP contribution in [-0.2, 0) is 11.3 Å². The fourth-order valence-electron chi connectivity index (χ4n) is 2.22. The van der Waals surface area contributed by atoms with E-state index in [1.54, 1.807) is 11.6 Å². The molecule has 0 aliphatic rings. The van der Waals surface area contributed by atoms with E-state index in [-0.39, 0.29) is 17.7 Å². The van der Waals surface area contributed by atoms with Crippen molar-refractivity contribution in [1.29, 1.82) is 0 Å². The third-order valence-corrected chi connectivity index (χ3v) is 4.90. The Labute approximate surface area is 150 Å². The number of rotatable bonds is 4. The normalized spacial score (nSPS) is 10.9. The Morgan fingerprint density at radius 2 is 2.04 bits per heavy atom. The summed E-state index contributed by atoms with van der Waals surface area (Å²) < 4.78 is 8.29. The highest BCUT2D eigenvalue weighted by Gasteiger charge is 2.19. The van der Waals surface area contributed by atoms with Gasteiger partial charge in [-0.25, -0.2) is 4.79 Å². The Balaban J connectivity index is 2.10. The molecular formula is C16H13IN2O3S. The summed E-state index contributed by atoms with van der Waals surface area (Å²) in [5.74, 6) is -0.677. The summed E-state index contributed by atoms with van der Waals surface area (Å²) in [5, 5.41) is 6.07. The number of thiophene rings is 1. The molecule has 0 unspecified atom stereocenters. The van der Waals surface area contributed by atoms with Crippen LogP contribution in [0.25, 0.3) is 10.2 Å². The van der Waals surface area contributed by atoms with Gasteiger partial charge in [-0.15, -0.1) is 11.3 Å². The number of carbonyl (C=O) groups is 1. The van der Waals surface area contributed by atoms with Crippen molar-refractivity contribution < 1.29 is 9.53 Å². The molecule has 3 rings (SSSR count). The van der Waals surface area contributed by atoms with E-state index in [0.29, 0.717) is 11.2 Å². The second-order valence-electron chi connectivity index (χ2n) is 4.82. The molecule has 0 atom stereocenters. The van der Waals surface area contributed by atoms with Crippen LogP contribution in [0.4, 0.5) is 0 Å². The number of aromatic nitrogens is 2. The molecule has 0 saturated heterocycles. The van der Waals surface area contributed by atoms with E-state index in [2.05, 4.69) is 27.7 Å². The Bertz CT molecular complexity index is 915. The average Bonchev–Trinajstić information content (AvgIpc) is 3.02. The highest BCUT2D eigenvalue weighted by Crippen LogP contribution is 2.18. The molecule has 0 aliphatic heterocycles. The number of nitrogens with zero attached hydrogens (tertiary/aromatic N) is 2. The molecule has 2 aromatic heterocycles. The molecule has 0 spiro atoms. The maximum Gasteiger partial charge on any atom is 0.362 e. The third-order valence-electron chi connectivity index (χ3n) is 3.28. The molecule has 0 fully saturated rings. The van der Waals surface area contributed by atoms with E-state index in [9.17, 15) is 9.59 Å². The van der Waals surface area contributed by atoms with Crippen LogP contribution in [0.1, 0.15) is 23.0 Å². The Morgan fingerprint density at radius 1 is 1.30 bits per heavy atom. The Hall–Kier alpha value is -1.74. The molecule has 0 aliphatic carbocycles. The third kappa shape index (κ3) is 3.30. The minimum absolute atomic E-state index is 0.160. The van der Waals surface area contributed by atoms with Gasteiger partial charge in [-0.3, -0.25) is 9.48 Å². The highest BCUT2D eigenvalue weighted by molar-refractivity contribution is 14.1. The minimum Gasteiger partial charge on any atom is -0.461 e. The maximum absolute atomic E-state index is 12.4. The summed E-state index contributed by atoms with van der Waals surface area (Å²) in [6.07, 6.45) is 0. The molecule has 5 nitrogen and oxygen atoms in total. The zero-order valence-corrected chi connectivity index (χ0v) is 15.3. The fraction of sp³-hybridized carbons (Fsp3) is 0.188. The van der Waals surface area contributed by atoms with Crippen LogP contribution in [-0.4, -0.2) is 22.4 Å². The molecule has 0 bridgehead atoms. The first-order chi connectivity index (χ1) is 11.1. The SMILES string of the molecule is CCOC(=O)c1nn(Cc2ccc(I)cc2)c2ccsc2c1=O. The van der Waals surface area contributed by atoms with Gasteiger partial charge >= 0.3 is 5.97 Å². The van der Waals surface area contributed by atoms with E-state index < -0.39 is 5.97 Å². The van der Waals surface area contributed by atoms with Crippen LogP contribution in [0.5, 0.6) is 0 Å². The smallest absolute Gasteiger partial charge is 0.362 e. The van der Waals surface area contributed by atoms with E-state index in [4.69, 9.17) is 4.74 Å². The second kappa shape index (κ2) is 6.79. The first-order valence-electron chi connectivity index (χ1n) is 7.00. The lowest BCUT2D eigenvalue weighted by Crippen LogP contribution is -2.24. The van der Waals surface area contributed by atoms with Crippen LogP contribution in [0.15, 0.2) is 40.5 Å². The van der Waals surface area contributed by atoms with Crippen molar-refractivity contribution in [1.82, 2.24) is 9.78 Å². The van der Waals surface area contributed by atoms with E-state index in [0.717, 1.165) is 14.7 Å². The molecule has 118 valence electrons. The molecule has 0 radical (unpaired) electrons. The lowest BCUT2D eigenvalue weighted by molar-refractivity contribution is 0.0515. The number of ether oxygens (including phenoxy) is 1. The zero-order chi connectivity index (χ0) is 16.4. The van der Waals surface area contributed by atoms with E-state index in [1.165, 1.54) is 11.3 Å². The van der Waals surface area contributed by atoms with Crippen LogP contribution in [0.2, 0.25) is 0 Å². The monoisotopic (exact) mass is 440 g/mol.